The summed E-state index contributed by atoms with van der Waals surface area (Å²) < 4.78 is 16.4. The van der Waals surface area contributed by atoms with Crippen LogP contribution >= 0.6 is 0 Å². The Bertz CT molecular complexity index is 1100. The van der Waals surface area contributed by atoms with Gasteiger partial charge in [0.1, 0.15) is 11.9 Å². The Morgan fingerprint density at radius 2 is 1.85 bits per heavy atom. The van der Waals surface area contributed by atoms with Crippen LogP contribution in [0.3, 0.4) is 0 Å². The first-order valence-corrected chi connectivity index (χ1v) is 12.2. The molecule has 1 saturated carbocycles. The van der Waals surface area contributed by atoms with Crippen molar-refractivity contribution in [2.45, 2.75) is 66.2 Å². The van der Waals surface area contributed by atoms with Gasteiger partial charge in [-0.05, 0) is 61.8 Å². The molecule has 0 unspecified atom stereocenters. The average Bonchev–Trinajstić information content (AvgIpc) is 3.04. The molecule has 2 aromatic carbocycles. The van der Waals surface area contributed by atoms with Crippen molar-refractivity contribution in [2.75, 3.05) is 0 Å². The molecule has 4 rings (SSSR count). The molecule has 0 aliphatic heterocycles. The standard InChI is InChI=1S/C28H37N2O3/c1-19(2)23-15-12-21(4)16-26(23)33-28(31)17-30-25-9-7-6-8-24(25)29(5)27(30)18-32-22-13-10-20(3)11-14-22/h6-11,13-14,19,21,23,26H,12,15-18H2,1-5H3/q+1/t21-,23+,26+/m1/s1. The van der Waals surface area contributed by atoms with E-state index in [4.69, 9.17) is 9.47 Å². The molecule has 0 saturated heterocycles. The minimum absolute atomic E-state index is 0.00378. The Morgan fingerprint density at radius 1 is 1.12 bits per heavy atom. The summed E-state index contributed by atoms with van der Waals surface area (Å²) in [5, 5.41) is 0. The zero-order chi connectivity index (χ0) is 23.5. The van der Waals surface area contributed by atoms with Crippen LogP contribution in [0, 0.1) is 24.7 Å². The molecular formula is C28H37N2O3+. The third-order valence-electron chi connectivity index (χ3n) is 7.15. The smallest absolute Gasteiger partial charge is 0.348 e. The first kappa shape index (κ1) is 23.3. The van der Waals surface area contributed by atoms with Crippen LogP contribution in [0.4, 0.5) is 0 Å². The molecule has 0 spiro atoms. The number of hydrogen-bond acceptors (Lipinski definition) is 3. The highest BCUT2D eigenvalue weighted by molar-refractivity contribution is 5.76. The van der Waals surface area contributed by atoms with Crippen molar-refractivity contribution >= 4 is 17.0 Å². The Labute approximate surface area is 197 Å². The van der Waals surface area contributed by atoms with Gasteiger partial charge in [0.25, 0.3) is 5.82 Å². The van der Waals surface area contributed by atoms with E-state index in [-0.39, 0.29) is 18.6 Å². The fourth-order valence-electron chi connectivity index (χ4n) is 5.15. The molecule has 1 aliphatic rings. The third kappa shape index (κ3) is 5.23. The molecule has 3 atom stereocenters. The first-order chi connectivity index (χ1) is 15.8. The van der Waals surface area contributed by atoms with Crippen LogP contribution in [-0.4, -0.2) is 16.6 Å². The van der Waals surface area contributed by atoms with Crippen molar-refractivity contribution in [2.24, 2.45) is 24.8 Å². The van der Waals surface area contributed by atoms with Crippen molar-refractivity contribution in [1.82, 2.24) is 4.57 Å². The Balaban J connectivity index is 1.56. The van der Waals surface area contributed by atoms with E-state index in [1.807, 2.05) is 48.0 Å². The lowest BCUT2D eigenvalue weighted by atomic mass is 9.75. The largest absolute Gasteiger partial charge is 0.481 e. The predicted octanol–water partition coefficient (Wildman–Crippen LogP) is 5.36. The van der Waals surface area contributed by atoms with E-state index in [2.05, 4.69) is 44.4 Å². The zero-order valence-electron chi connectivity index (χ0n) is 20.6. The fraction of sp³-hybridized carbons (Fsp3) is 0.500. The molecule has 1 aromatic heterocycles. The topological polar surface area (TPSA) is 44.3 Å². The number of imidazole rings is 1. The maximum absolute atomic E-state index is 13.2. The van der Waals surface area contributed by atoms with E-state index in [1.54, 1.807) is 0 Å². The first-order valence-electron chi connectivity index (χ1n) is 12.2. The molecular weight excluding hydrogens is 412 g/mol. The van der Waals surface area contributed by atoms with Gasteiger partial charge in [-0.15, -0.1) is 0 Å². The Kier molecular flexibility index (Phi) is 7.06. The number of hydrogen-bond donors (Lipinski definition) is 0. The van der Waals surface area contributed by atoms with Crippen LogP contribution in [-0.2, 0) is 29.7 Å². The lowest BCUT2D eigenvalue weighted by molar-refractivity contribution is -0.655. The summed E-state index contributed by atoms with van der Waals surface area (Å²) in [6.07, 6.45) is 3.31. The van der Waals surface area contributed by atoms with Crippen molar-refractivity contribution in [1.29, 1.82) is 0 Å². The molecule has 0 radical (unpaired) electrons. The molecule has 1 heterocycles. The van der Waals surface area contributed by atoms with E-state index in [0.29, 0.717) is 24.4 Å². The SMILES string of the molecule is Cc1ccc(OCc2n(CC(=O)O[C@H]3C[C@H](C)CC[C@H]3C(C)C)c3ccccc3[n+]2C)cc1. The molecule has 1 fully saturated rings. The number of aryl methyl sites for hydroxylation is 2. The Morgan fingerprint density at radius 3 is 2.58 bits per heavy atom. The number of aromatic nitrogens is 2. The molecule has 0 bridgehead atoms. The number of para-hydroxylation sites is 2. The third-order valence-corrected chi connectivity index (χ3v) is 7.15. The number of ether oxygens (including phenoxy) is 2. The van der Waals surface area contributed by atoms with Gasteiger partial charge in [0.05, 0.1) is 7.05 Å². The number of fused-ring (bicyclic) bond motifs is 1. The van der Waals surface area contributed by atoms with Crippen LogP contribution in [0.5, 0.6) is 5.75 Å². The van der Waals surface area contributed by atoms with Crippen LogP contribution in [0.1, 0.15) is 51.4 Å². The van der Waals surface area contributed by atoms with E-state index in [1.165, 1.54) is 12.0 Å². The lowest BCUT2D eigenvalue weighted by Gasteiger charge is -2.36. The summed E-state index contributed by atoms with van der Waals surface area (Å²) in [5.41, 5.74) is 3.28. The van der Waals surface area contributed by atoms with Crippen LogP contribution in [0.25, 0.3) is 11.0 Å². The molecule has 5 heteroatoms. The molecule has 0 N–H and O–H groups in total. The highest BCUT2D eigenvalue weighted by atomic mass is 16.5. The summed E-state index contributed by atoms with van der Waals surface area (Å²) in [5.74, 6) is 3.13. The highest BCUT2D eigenvalue weighted by Crippen LogP contribution is 2.35. The van der Waals surface area contributed by atoms with E-state index < -0.39 is 0 Å². The van der Waals surface area contributed by atoms with E-state index >= 15 is 0 Å². The summed E-state index contributed by atoms with van der Waals surface area (Å²) in [4.78, 5) is 13.2. The molecule has 33 heavy (non-hydrogen) atoms. The van der Waals surface area contributed by atoms with Gasteiger partial charge in [0, 0.05) is 0 Å². The van der Waals surface area contributed by atoms with Gasteiger partial charge < -0.3 is 9.47 Å². The van der Waals surface area contributed by atoms with E-state index in [9.17, 15) is 4.79 Å². The lowest BCUT2D eigenvalue weighted by Crippen LogP contribution is -2.37. The number of rotatable bonds is 7. The highest BCUT2D eigenvalue weighted by Gasteiger charge is 2.34. The normalized spacial score (nSPS) is 20.8. The summed E-state index contributed by atoms with van der Waals surface area (Å²) in [6.45, 7) is 9.35. The van der Waals surface area contributed by atoms with Gasteiger partial charge in [-0.1, -0.05) is 57.0 Å². The monoisotopic (exact) mass is 449 g/mol. The van der Waals surface area contributed by atoms with Gasteiger partial charge in [0.15, 0.2) is 24.2 Å². The van der Waals surface area contributed by atoms with Crippen molar-refractivity contribution in [3.8, 4) is 5.75 Å². The van der Waals surface area contributed by atoms with Crippen LogP contribution in [0.15, 0.2) is 48.5 Å². The second-order valence-corrected chi connectivity index (χ2v) is 10.0. The number of carbonyl (C=O) groups excluding carboxylic acids is 1. The average molecular weight is 450 g/mol. The van der Waals surface area contributed by atoms with Crippen LogP contribution in [0.2, 0.25) is 0 Å². The minimum atomic E-state index is -0.169. The maximum atomic E-state index is 13.2. The Hall–Kier alpha value is -2.82. The van der Waals surface area contributed by atoms with Gasteiger partial charge in [-0.25, -0.2) is 13.9 Å². The maximum Gasteiger partial charge on any atom is 0.348 e. The van der Waals surface area contributed by atoms with Gasteiger partial charge >= 0.3 is 5.97 Å². The number of esters is 1. The van der Waals surface area contributed by atoms with Crippen molar-refractivity contribution < 1.29 is 18.8 Å². The minimum Gasteiger partial charge on any atom is -0.481 e. The zero-order valence-corrected chi connectivity index (χ0v) is 20.6. The number of nitrogens with zero attached hydrogens (tertiary/aromatic N) is 2. The molecule has 5 nitrogen and oxygen atoms in total. The van der Waals surface area contributed by atoms with E-state index in [0.717, 1.165) is 35.4 Å². The summed E-state index contributed by atoms with van der Waals surface area (Å²) in [6, 6.07) is 16.2. The molecule has 3 aromatic rings. The van der Waals surface area contributed by atoms with Crippen molar-refractivity contribution in [3.05, 3.63) is 59.9 Å². The quantitative estimate of drug-likeness (QED) is 0.360. The van der Waals surface area contributed by atoms with Crippen LogP contribution < -0.4 is 9.30 Å². The van der Waals surface area contributed by atoms with Crippen molar-refractivity contribution in [3.63, 3.8) is 0 Å². The number of benzene rings is 2. The van der Waals surface area contributed by atoms with Gasteiger partial charge in [0.2, 0.25) is 0 Å². The fourth-order valence-corrected chi connectivity index (χ4v) is 5.15. The second-order valence-electron chi connectivity index (χ2n) is 10.0. The predicted molar refractivity (Wildman–Crippen MR) is 130 cm³/mol. The molecule has 0 amide bonds. The van der Waals surface area contributed by atoms with Gasteiger partial charge in [-0.2, -0.15) is 0 Å². The molecule has 1 aliphatic carbocycles. The molecule has 176 valence electrons. The van der Waals surface area contributed by atoms with Gasteiger partial charge in [-0.3, -0.25) is 0 Å². The number of carbonyl (C=O) groups is 1. The summed E-state index contributed by atoms with van der Waals surface area (Å²) in [7, 11) is 2.02. The summed E-state index contributed by atoms with van der Waals surface area (Å²) >= 11 is 0. The second kappa shape index (κ2) is 9.98.